The Morgan fingerprint density at radius 3 is 2.79 bits per heavy atom. The third kappa shape index (κ3) is 3.65. The molecule has 28 heavy (non-hydrogen) atoms. The number of aliphatic hydroxyl groups is 1. The van der Waals surface area contributed by atoms with Crippen LogP contribution >= 0.6 is 0 Å². The van der Waals surface area contributed by atoms with E-state index in [1.165, 1.54) is 6.08 Å². The minimum Gasteiger partial charge on any atom is -0.461 e. The maximum absolute atomic E-state index is 12.4. The molecule has 0 radical (unpaired) electrons. The van der Waals surface area contributed by atoms with Gasteiger partial charge >= 0.3 is 5.97 Å². The van der Waals surface area contributed by atoms with Crippen LogP contribution in [0.1, 0.15) is 23.1 Å². The van der Waals surface area contributed by atoms with Gasteiger partial charge in [0.2, 0.25) is 0 Å². The molecule has 0 fully saturated rings. The lowest BCUT2D eigenvalue weighted by atomic mass is 10.1. The number of nitrogens with one attached hydrogen (secondary N) is 2. The Morgan fingerprint density at radius 2 is 2.07 bits per heavy atom. The number of H-pyrrole nitrogens is 1. The standard InChI is InChI=1S/C19H20N4O5/c1-3-28-19(27)16-11(2)20-17(22-16)12-6-4-5-7-13(12)21-14-10-15(25)23(8-9-24)18(14)26/h4-7,10,21,24H,3,8-9H2,1-2H3,(H,20,22). The largest absolute Gasteiger partial charge is 0.461 e. The number of benzene rings is 1. The van der Waals surface area contributed by atoms with Gasteiger partial charge < -0.3 is 20.1 Å². The van der Waals surface area contributed by atoms with Crippen LogP contribution < -0.4 is 5.32 Å². The molecule has 9 heteroatoms. The van der Waals surface area contributed by atoms with E-state index in [1.54, 1.807) is 38.1 Å². The topological polar surface area (TPSA) is 125 Å². The molecule has 2 amide bonds. The van der Waals surface area contributed by atoms with Crippen LogP contribution in [0, 0.1) is 6.92 Å². The van der Waals surface area contributed by atoms with E-state index in [0.29, 0.717) is 22.8 Å². The van der Waals surface area contributed by atoms with E-state index < -0.39 is 17.8 Å². The number of rotatable bonds is 7. The van der Waals surface area contributed by atoms with Gasteiger partial charge in [-0.25, -0.2) is 9.78 Å². The van der Waals surface area contributed by atoms with E-state index in [0.717, 1.165) is 4.90 Å². The fourth-order valence-corrected chi connectivity index (χ4v) is 2.84. The van der Waals surface area contributed by atoms with Crippen molar-refractivity contribution in [3.05, 3.63) is 47.4 Å². The van der Waals surface area contributed by atoms with Crippen LogP contribution in [0.2, 0.25) is 0 Å². The normalized spacial score (nSPS) is 13.7. The highest BCUT2D eigenvalue weighted by molar-refractivity contribution is 6.17. The number of esters is 1. The molecule has 1 aliphatic heterocycles. The summed E-state index contributed by atoms with van der Waals surface area (Å²) in [6.07, 6.45) is 1.19. The molecule has 3 N–H and O–H groups in total. The molecule has 0 saturated heterocycles. The van der Waals surface area contributed by atoms with Crippen molar-refractivity contribution in [3.63, 3.8) is 0 Å². The van der Waals surface area contributed by atoms with Crippen molar-refractivity contribution in [2.24, 2.45) is 0 Å². The first-order valence-electron chi connectivity index (χ1n) is 8.74. The van der Waals surface area contributed by atoms with E-state index in [9.17, 15) is 14.4 Å². The number of aromatic nitrogens is 2. The van der Waals surface area contributed by atoms with Crippen molar-refractivity contribution >= 4 is 23.5 Å². The van der Waals surface area contributed by atoms with Gasteiger partial charge in [0, 0.05) is 23.0 Å². The molecule has 3 rings (SSSR count). The molecular formula is C19H20N4O5. The van der Waals surface area contributed by atoms with E-state index >= 15 is 0 Å². The first-order valence-corrected chi connectivity index (χ1v) is 8.74. The number of hydrogen-bond acceptors (Lipinski definition) is 7. The Balaban J connectivity index is 1.90. The van der Waals surface area contributed by atoms with Crippen LogP contribution in [-0.4, -0.2) is 57.5 Å². The molecule has 1 aromatic heterocycles. The minimum atomic E-state index is -0.521. The molecule has 0 unspecified atom stereocenters. The predicted octanol–water partition coefficient (Wildman–Crippen LogP) is 1.22. The summed E-state index contributed by atoms with van der Waals surface area (Å²) in [7, 11) is 0. The Labute approximate surface area is 161 Å². The van der Waals surface area contributed by atoms with Crippen molar-refractivity contribution in [1.82, 2.24) is 14.9 Å². The zero-order valence-corrected chi connectivity index (χ0v) is 15.5. The summed E-state index contributed by atoms with van der Waals surface area (Å²) in [6.45, 7) is 3.30. The number of imidazole rings is 1. The molecule has 0 spiro atoms. The SMILES string of the molecule is CCOC(=O)c1nc(-c2ccccc2NC2=CC(=O)N(CCO)C2=O)[nH]c1C. The highest BCUT2D eigenvalue weighted by atomic mass is 16.5. The number of anilines is 1. The summed E-state index contributed by atoms with van der Waals surface area (Å²) in [5.74, 6) is -1.10. The van der Waals surface area contributed by atoms with E-state index in [2.05, 4.69) is 15.3 Å². The van der Waals surface area contributed by atoms with Gasteiger partial charge in [0.1, 0.15) is 11.5 Å². The summed E-state index contributed by atoms with van der Waals surface area (Å²) < 4.78 is 5.00. The van der Waals surface area contributed by atoms with Gasteiger partial charge in [0.15, 0.2) is 5.69 Å². The third-order valence-electron chi connectivity index (χ3n) is 4.14. The average Bonchev–Trinajstić information content (AvgIpc) is 3.18. The van der Waals surface area contributed by atoms with Crippen LogP contribution in [0.3, 0.4) is 0 Å². The Bertz CT molecular complexity index is 963. The maximum atomic E-state index is 12.4. The number of amides is 2. The van der Waals surface area contributed by atoms with Crippen LogP contribution in [0.25, 0.3) is 11.4 Å². The van der Waals surface area contributed by atoms with Gasteiger partial charge in [0.05, 0.1) is 19.8 Å². The summed E-state index contributed by atoms with van der Waals surface area (Å²) in [5, 5.41) is 12.0. The molecule has 2 aromatic rings. The second kappa shape index (κ2) is 8.05. The molecule has 1 aromatic carbocycles. The van der Waals surface area contributed by atoms with Crippen LogP contribution in [-0.2, 0) is 14.3 Å². The van der Waals surface area contributed by atoms with Gasteiger partial charge in [-0.1, -0.05) is 12.1 Å². The molecule has 146 valence electrons. The van der Waals surface area contributed by atoms with Crippen molar-refractivity contribution in [2.75, 3.05) is 25.1 Å². The number of aromatic amines is 1. The fourth-order valence-electron chi connectivity index (χ4n) is 2.84. The summed E-state index contributed by atoms with van der Waals surface area (Å²) in [6, 6.07) is 7.05. The zero-order chi connectivity index (χ0) is 20.3. The highest BCUT2D eigenvalue weighted by Crippen LogP contribution is 2.29. The van der Waals surface area contributed by atoms with E-state index in [1.807, 2.05) is 0 Å². The van der Waals surface area contributed by atoms with Gasteiger partial charge in [-0.05, 0) is 26.0 Å². The second-order valence-electron chi connectivity index (χ2n) is 6.03. The van der Waals surface area contributed by atoms with Gasteiger partial charge in [0.25, 0.3) is 11.8 Å². The molecule has 2 heterocycles. The lowest BCUT2D eigenvalue weighted by Crippen LogP contribution is -2.34. The zero-order valence-electron chi connectivity index (χ0n) is 15.5. The third-order valence-corrected chi connectivity index (χ3v) is 4.14. The number of para-hydroxylation sites is 1. The molecule has 0 atom stereocenters. The number of ether oxygens (including phenoxy) is 1. The first-order chi connectivity index (χ1) is 13.5. The van der Waals surface area contributed by atoms with Crippen LogP contribution in [0.15, 0.2) is 36.0 Å². The van der Waals surface area contributed by atoms with Crippen LogP contribution in [0.4, 0.5) is 5.69 Å². The first kappa shape index (κ1) is 19.3. The van der Waals surface area contributed by atoms with Gasteiger partial charge in [-0.2, -0.15) is 0 Å². The lowest BCUT2D eigenvalue weighted by Gasteiger charge is -2.14. The summed E-state index contributed by atoms with van der Waals surface area (Å²) in [5.41, 5.74) is 1.99. The van der Waals surface area contributed by atoms with Gasteiger partial charge in [-0.3, -0.25) is 14.5 Å². The molecule has 1 aliphatic rings. The average molecular weight is 384 g/mol. The molecule has 9 nitrogen and oxygen atoms in total. The summed E-state index contributed by atoms with van der Waals surface area (Å²) in [4.78, 5) is 44.6. The highest BCUT2D eigenvalue weighted by Gasteiger charge is 2.31. The number of carbonyl (C=O) groups excluding carboxylic acids is 3. The Kier molecular flexibility index (Phi) is 5.55. The second-order valence-corrected chi connectivity index (χ2v) is 6.03. The minimum absolute atomic E-state index is 0.0682. The smallest absolute Gasteiger partial charge is 0.358 e. The van der Waals surface area contributed by atoms with E-state index in [4.69, 9.17) is 9.84 Å². The van der Waals surface area contributed by atoms with E-state index in [-0.39, 0.29) is 31.1 Å². The maximum Gasteiger partial charge on any atom is 0.358 e. The number of hydrogen-bond donors (Lipinski definition) is 3. The summed E-state index contributed by atoms with van der Waals surface area (Å²) >= 11 is 0. The Morgan fingerprint density at radius 1 is 1.32 bits per heavy atom. The number of imide groups is 1. The monoisotopic (exact) mass is 384 g/mol. The molecular weight excluding hydrogens is 364 g/mol. The van der Waals surface area contributed by atoms with Crippen molar-refractivity contribution in [1.29, 1.82) is 0 Å². The van der Waals surface area contributed by atoms with Crippen molar-refractivity contribution in [2.45, 2.75) is 13.8 Å². The number of nitrogens with zero attached hydrogens (tertiary/aromatic N) is 2. The number of aryl methyl sites for hydroxylation is 1. The van der Waals surface area contributed by atoms with Crippen LogP contribution in [0.5, 0.6) is 0 Å². The number of β-amino-alcohol motifs (C(OH)–C–C–N with tert-alkyl or cyclic N) is 1. The van der Waals surface area contributed by atoms with Gasteiger partial charge in [-0.15, -0.1) is 0 Å². The molecule has 0 aliphatic carbocycles. The number of carbonyl (C=O) groups is 3. The van der Waals surface area contributed by atoms with Crippen molar-refractivity contribution < 1.29 is 24.2 Å². The molecule has 0 bridgehead atoms. The molecule has 0 saturated carbocycles. The quantitative estimate of drug-likeness (QED) is 0.484. The fraction of sp³-hybridized carbons (Fsp3) is 0.263. The Hall–Kier alpha value is -3.46. The lowest BCUT2D eigenvalue weighted by molar-refractivity contribution is -0.137. The van der Waals surface area contributed by atoms with Crippen molar-refractivity contribution in [3.8, 4) is 11.4 Å². The number of aliphatic hydroxyl groups excluding tert-OH is 1. The predicted molar refractivity (Wildman–Crippen MR) is 100 cm³/mol.